The molecule has 1 saturated heterocycles. The molecule has 0 saturated carbocycles. The van der Waals surface area contributed by atoms with Crippen molar-refractivity contribution in [1.29, 1.82) is 0 Å². The van der Waals surface area contributed by atoms with Gasteiger partial charge in [0.1, 0.15) is 0 Å². The minimum atomic E-state index is 0.475. The molecule has 1 aliphatic rings. The molecular formula is C31H56N4. The van der Waals surface area contributed by atoms with E-state index in [2.05, 4.69) is 116 Å². The van der Waals surface area contributed by atoms with E-state index in [1.54, 1.807) is 0 Å². The Kier molecular flexibility index (Phi) is 13.8. The topological polar surface area (TPSA) is 34.0 Å². The van der Waals surface area contributed by atoms with Crippen LogP contribution in [0.25, 0.3) is 0 Å². The van der Waals surface area contributed by atoms with Gasteiger partial charge >= 0.3 is 0 Å². The highest BCUT2D eigenvalue weighted by Crippen LogP contribution is 2.25. The molecule has 35 heavy (non-hydrogen) atoms. The van der Waals surface area contributed by atoms with Crippen LogP contribution in [0.1, 0.15) is 137 Å². The van der Waals surface area contributed by atoms with Crippen LogP contribution in [0.2, 0.25) is 0 Å². The fourth-order valence-electron chi connectivity index (χ4n) is 4.14. The Morgan fingerprint density at radius 3 is 1.57 bits per heavy atom. The summed E-state index contributed by atoms with van der Waals surface area (Å²) in [5, 5.41) is 4.25. The zero-order valence-corrected chi connectivity index (χ0v) is 25.0. The monoisotopic (exact) mass is 484 g/mol. The van der Waals surface area contributed by atoms with Crippen LogP contribution < -0.4 is 0 Å². The van der Waals surface area contributed by atoms with E-state index in [-0.39, 0.29) is 0 Å². The van der Waals surface area contributed by atoms with Crippen LogP contribution in [0.4, 0.5) is 0 Å². The summed E-state index contributed by atoms with van der Waals surface area (Å²) in [7, 11) is 0. The third kappa shape index (κ3) is 11.3. The Morgan fingerprint density at radius 1 is 0.686 bits per heavy atom. The molecule has 0 aromatic carbocycles. The summed E-state index contributed by atoms with van der Waals surface area (Å²) >= 11 is 0. The molecule has 200 valence electrons. The van der Waals surface area contributed by atoms with Crippen molar-refractivity contribution in [2.24, 2.45) is 11.8 Å². The van der Waals surface area contributed by atoms with Gasteiger partial charge < -0.3 is 4.90 Å². The first-order valence-corrected chi connectivity index (χ1v) is 14.1. The summed E-state index contributed by atoms with van der Waals surface area (Å²) in [5.74, 6) is 3.58. The maximum absolute atomic E-state index is 4.40. The van der Waals surface area contributed by atoms with Crippen molar-refractivity contribution < 1.29 is 0 Å². The van der Waals surface area contributed by atoms with Gasteiger partial charge in [-0.15, -0.1) is 0 Å². The lowest BCUT2D eigenvalue weighted by molar-refractivity contribution is 0.129. The number of piperidine rings is 1. The van der Waals surface area contributed by atoms with E-state index in [0.717, 1.165) is 17.9 Å². The van der Waals surface area contributed by atoms with E-state index >= 15 is 0 Å². The highest BCUT2D eigenvalue weighted by atomic mass is 15.3. The second-order valence-electron chi connectivity index (χ2n) is 12.0. The number of hydrogen-bond acceptors (Lipinski definition) is 3. The van der Waals surface area contributed by atoms with E-state index in [4.69, 9.17) is 0 Å². The van der Waals surface area contributed by atoms with Gasteiger partial charge in [0.2, 0.25) is 0 Å². The van der Waals surface area contributed by atoms with Gasteiger partial charge in [0, 0.05) is 30.2 Å². The zero-order valence-electron chi connectivity index (χ0n) is 25.0. The summed E-state index contributed by atoms with van der Waals surface area (Å²) in [4.78, 5) is 7.00. The highest BCUT2D eigenvalue weighted by molar-refractivity contribution is 5.18. The smallest absolute Gasteiger partial charge is 0.0524 e. The summed E-state index contributed by atoms with van der Waals surface area (Å²) in [6.45, 7) is 29.3. The Morgan fingerprint density at radius 2 is 1.26 bits per heavy atom. The first kappa shape index (κ1) is 31.4. The van der Waals surface area contributed by atoms with Crippen molar-refractivity contribution in [1.82, 2.24) is 19.7 Å². The quantitative estimate of drug-likeness (QED) is 0.411. The molecule has 4 nitrogen and oxygen atoms in total. The van der Waals surface area contributed by atoms with Crippen LogP contribution in [-0.4, -0.2) is 38.8 Å². The predicted molar refractivity (Wildman–Crippen MR) is 153 cm³/mol. The SMILES string of the molecule is CC(C)C1CCN(C(C)C)CC1.CC(C)c1ccc(C(C)C)nc1.CC(C)c1cnn(C(C)C)c1. The molecule has 3 heterocycles. The molecule has 0 amide bonds. The number of likely N-dealkylation sites (tertiary alicyclic amines) is 1. The Hall–Kier alpha value is -1.68. The number of aromatic nitrogens is 3. The number of pyridine rings is 1. The number of rotatable bonds is 6. The molecule has 2 aromatic rings. The van der Waals surface area contributed by atoms with Crippen molar-refractivity contribution in [3.05, 3.63) is 47.5 Å². The predicted octanol–water partition coefficient (Wildman–Crippen LogP) is 8.68. The minimum Gasteiger partial charge on any atom is -0.301 e. The van der Waals surface area contributed by atoms with E-state index < -0.39 is 0 Å². The normalized spacial score (nSPS) is 15.1. The summed E-state index contributed by atoms with van der Waals surface area (Å²) in [5.41, 5.74) is 3.82. The zero-order chi connectivity index (χ0) is 26.7. The highest BCUT2D eigenvalue weighted by Gasteiger charge is 2.22. The van der Waals surface area contributed by atoms with Crippen molar-refractivity contribution in [2.75, 3.05) is 13.1 Å². The maximum Gasteiger partial charge on any atom is 0.0524 e. The average molecular weight is 485 g/mol. The van der Waals surface area contributed by atoms with Crippen LogP contribution in [-0.2, 0) is 0 Å². The molecule has 4 heteroatoms. The third-order valence-electron chi connectivity index (χ3n) is 7.13. The molecule has 0 atom stereocenters. The third-order valence-corrected chi connectivity index (χ3v) is 7.13. The summed E-state index contributed by atoms with van der Waals surface area (Å²) in [6, 6.07) is 5.52. The fourth-order valence-corrected chi connectivity index (χ4v) is 4.14. The van der Waals surface area contributed by atoms with Crippen molar-refractivity contribution in [3.63, 3.8) is 0 Å². The first-order valence-electron chi connectivity index (χ1n) is 14.1. The summed E-state index contributed by atoms with van der Waals surface area (Å²) < 4.78 is 2.00. The van der Waals surface area contributed by atoms with Gasteiger partial charge in [-0.2, -0.15) is 5.10 Å². The van der Waals surface area contributed by atoms with Crippen LogP contribution >= 0.6 is 0 Å². The van der Waals surface area contributed by atoms with Gasteiger partial charge in [0.25, 0.3) is 0 Å². The van der Waals surface area contributed by atoms with Gasteiger partial charge in [-0.25, -0.2) is 0 Å². The van der Waals surface area contributed by atoms with Crippen LogP contribution in [0.15, 0.2) is 30.7 Å². The van der Waals surface area contributed by atoms with Crippen molar-refractivity contribution in [3.8, 4) is 0 Å². The molecule has 0 N–H and O–H groups in total. The average Bonchev–Trinajstić information content (AvgIpc) is 3.31. The lowest BCUT2D eigenvalue weighted by Crippen LogP contribution is -2.39. The van der Waals surface area contributed by atoms with Crippen LogP contribution in [0, 0.1) is 11.8 Å². The number of nitrogens with zero attached hydrogens (tertiary/aromatic N) is 4. The Labute approximate surface area is 217 Å². The van der Waals surface area contributed by atoms with Gasteiger partial charge in [-0.3, -0.25) is 9.67 Å². The molecule has 0 bridgehead atoms. The largest absolute Gasteiger partial charge is 0.301 e. The van der Waals surface area contributed by atoms with Crippen LogP contribution in [0.3, 0.4) is 0 Å². The first-order chi connectivity index (χ1) is 16.3. The lowest BCUT2D eigenvalue weighted by Gasteiger charge is -2.36. The second-order valence-corrected chi connectivity index (χ2v) is 12.0. The van der Waals surface area contributed by atoms with Gasteiger partial charge in [-0.1, -0.05) is 61.5 Å². The van der Waals surface area contributed by atoms with Crippen LogP contribution in [0.5, 0.6) is 0 Å². The van der Waals surface area contributed by atoms with Gasteiger partial charge in [0.15, 0.2) is 0 Å². The van der Waals surface area contributed by atoms with Crippen molar-refractivity contribution >= 4 is 0 Å². The van der Waals surface area contributed by atoms with Gasteiger partial charge in [-0.05, 0) is 100 Å². The molecule has 2 aromatic heterocycles. The molecule has 1 fully saturated rings. The second kappa shape index (κ2) is 15.4. The molecule has 0 unspecified atom stereocenters. The van der Waals surface area contributed by atoms with E-state index in [0.29, 0.717) is 23.8 Å². The standard InChI is InChI=1S/C11H23N.C11H17N.C9H16N2/c1-9(2)11-5-7-12(8-6-11)10(3)4;1-8(2)10-5-6-11(9(3)4)12-7-10;1-7(2)9-5-10-11(6-9)8(3)4/h9-11H,5-8H2,1-4H3;5-9H,1-4H3;5-8H,1-4H3. The summed E-state index contributed by atoms with van der Waals surface area (Å²) in [6.07, 6.45) is 8.88. The van der Waals surface area contributed by atoms with Gasteiger partial charge in [0.05, 0.1) is 6.20 Å². The van der Waals surface area contributed by atoms with E-state index in [1.807, 2.05) is 17.1 Å². The van der Waals surface area contributed by atoms with E-state index in [1.165, 1.54) is 42.8 Å². The Bertz CT molecular complexity index is 726. The maximum atomic E-state index is 4.40. The molecule has 1 aliphatic heterocycles. The minimum absolute atomic E-state index is 0.475. The number of hydrogen-bond donors (Lipinski definition) is 0. The molecule has 3 rings (SSSR count). The fraction of sp³-hybridized carbons (Fsp3) is 0.742. The molecule has 0 spiro atoms. The Balaban J connectivity index is 0.000000263. The molecular weight excluding hydrogens is 428 g/mol. The molecule has 0 aliphatic carbocycles. The van der Waals surface area contributed by atoms with E-state index in [9.17, 15) is 0 Å². The van der Waals surface area contributed by atoms with Crippen molar-refractivity contribution in [2.45, 2.75) is 126 Å². The molecule has 0 radical (unpaired) electrons. The lowest BCUT2D eigenvalue weighted by atomic mass is 9.86.